The zero-order chi connectivity index (χ0) is 22.2. The van der Waals surface area contributed by atoms with E-state index in [1.54, 1.807) is 9.58 Å². The molecule has 0 aliphatic carbocycles. The number of amides is 2. The van der Waals surface area contributed by atoms with Gasteiger partial charge >= 0.3 is 0 Å². The van der Waals surface area contributed by atoms with Crippen molar-refractivity contribution in [3.05, 3.63) is 66.7 Å². The van der Waals surface area contributed by atoms with Crippen LogP contribution >= 0.6 is 0 Å². The van der Waals surface area contributed by atoms with Crippen molar-refractivity contribution in [2.45, 2.75) is 33.6 Å². The Morgan fingerprint density at radius 2 is 1.68 bits per heavy atom. The largest absolute Gasteiger partial charge is 0.333 e. The molecule has 0 spiro atoms. The first-order valence-electron chi connectivity index (χ1n) is 10.8. The van der Waals surface area contributed by atoms with E-state index >= 15 is 0 Å². The maximum absolute atomic E-state index is 12.9. The molecule has 0 radical (unpaired) electrons. The fraction of sp³-hybridized carbons (Fsp3) is 0.320. The molecule has 0 atom stereocenters. The zero-order valence-electron chi connectivity index (χ0n) is 18.4. The Labute approximate surface area is 183 Å². The van der Waals surface area contributed by atoms with Gasteiger partial charge in [-0.3, -0.25) is 9.59 Å². The lowest BCUT2D eigenvalue weighted by Crippen LogP contribution is -2.40. The molecule has 162 valence electrons. The first kappa shape index (κ1) is 22.3. The van der Waals surface area contributed by atoms with Gasteiger partial charge in [0, 0.05) is 24.1 Å². The van der Waals surface area contributed by atoms with Crippen molar-refractivity contribution in [2.24, 2.45) is 5.92 Å². The summed E-state index contributed by atoms with van der Waals surface area (Å²) in [5.74, 6) is 0.179. The van der Waals surface area contributed by atoms with Gasteiger partial charge in [-0.1, -0.05) is 75.7 Å². The summed E-state index contributed by atoms with van der Waals surface area (Å²) < 4.78 is 1.72. The van der Waals surface area contributed by atoms with Crippen molar-refractivity contribution in [3.8, 4) is 16.9 Å². The topological polar surface area (TPSA) is 67.2 Å². The van der Waals surface area contributed by atoms with Crippen LogP contribution < -0.4 is 5.32 Å². The highest BCUT2D eigenvalue weighted by Gasteiger charge is 2.21. The molecule has 3 aromatic rings. The van der Waals surface area contributed by atoms with Gasteiger partial charge in [-0.25, -0.2) is 4.68 Å². The Bertz CT molecular complexity index is 997. The molecule has 0 saturated carbocycles. The summed E-state index contributed by atoms with van der Waals surface area (Å²) in [5.41, 5.74) is 2.58. The molecule has 6 nitrogen and oxygen atoms in total. The van der Waals surface area contributed by atoms with Crippen LogP contribution in [0.4, 0.5) is 5.82 Å². The van der Waals surface area contributed by atoms with E-state index in [4.69, 9.17) is 5.10 Å². The van der Waals surface area contributed by atoms with Crippen LogP contribution in [-0.2, 0) is 9.59 Å². The second-order valence-electron chi connectivity index (χ2n) is 7.84. The number of unbranched alkanes of at least 4 members (excludes halogenated alkanes) is 1. The molecule has 2 aromatic carbocycles. The standard InChI is InChI=1S/C25H30N4O2/c1-4-5-16-28(25(31)19(2)3)18-24(30)26-23-17-22(20-12-8-6-9-13-20)27-29(23)21-14-10-7-11-15-21/h6-15,17,19H,4-5,16,18H2,1-3H3,(H,26,30). The maximum Gasteiger partial charge on any atom is 0.245 e. The average Bonchev–Trinajstić information content (AvgIpc) is 3.20. The van der Waals surface area contributed by atoms with Gasteiger partial charge in [0.1, 0.15) is 5.82 Å². The number of benzene rings is 2. The minimum absolute atomic E-state index is 0.00913. The van der Waals surface area contributed by atoms with Crippen LogP contribution in [0.5, 0.6) is 0 Å². The Hall–Kier alpha value is -3.41. The molecular formula is C25H30N4O2. The van der Waals surface area contributed by atoms with Gasteiger partial charge in [0.2, 0.25) is 11.8 Å². The Balaban J connectivity index is 1.86. The highest BCUT2D eigenvalue weighted by Crippen LogP contribution is 2.24. The van der Waals surface area contributed by atoms with Crippen molar-refractivity contribution >= 4 is 17.6 Å². The molecule has 0 unspecified atom stereocenters. The lowest BCUT2D eigenvalue weighted by atomic mass is 10.1. The Morgan fingerprint density at radius 3 is 2.29 bits per heavy atom. The number of aromatic nitrogens is 2. The maximum atomic E-state index is 12.9. The third-order valence-electron chi connectivity index (χ3n) is 4.97. The molecule has 0 bridgehead atoms. The number of nitrogens with zero attached hydrogens (tertiary/aromatic N) is 3. The van der Waals surface area contributed by atoms with Gasteiger partial charge in [-0.15, -0.1) is 0 Å². The Kier molecular flexibility index (Phi) is 7.60. The SMILES string of the molecule is CCCCN(CC(=O)Nc1cc(-c2ccccc2)nn1-c1ccccc1)C(=O)C(C)C. The van der Waals surface area contributed by atoms with Crippen molar-refractivity contribution in [3.63, 3.8) is 0 Å². The molecule has 1 heterocycles. The number of rotatable bonds is 9. The van der Waals surface area contributed by atoms with Gasteiger partial charge < -0.3 is 10.2 Å². The molecule has 2 amide bonds. The van der Waals surface area contributed by atoms with E-state index < -0.39 is 0 Å². The highest BCUT2D eigenvalue weighted by atomic mass is 16.2. The van der Waals surface area contributed by atoms with E-state index in [9.17, 15) is 9.59 Å². The highest BCUT2D eigenvalue weighted by molar-refractivity contribution is 5.94. The van der Waals surface area contributed by atoms with E-state index in [0.717, 1.165) is 29.8 Å². The number of anilines is 1. The third-order valence-corrected chi connectivity index (χ3v) is 4.97. The van der Waals surface area contributed by atoms with Crippen molar-refractivity contribution in [2.75, 3.05) is 18.4 Å². The molecule has 1 N–H and O–H groups in total. The van der Waals surface area contributed by atoms with E-state index in [1.165, 1.54) is 0 Å². The summed E-state index contributed by atoms with van der Waals surface area (Å²) in [6, 6.07) is 21.4. The molecule has 6 heteroatoms. The minimum atomic E-state index is -0.234. The molecule has 0 saturated heterocycles. The van der Waals surface area contributed by atoms with E-state index in [-0.39, 0.29) is 24.3 Å². The normalized spacial score (nSPS) is 10.8. The number of carbonyl (C=O) groups is 2. The van der Waals surface area contributed by atoms with Crippen LogP contribution in [0.1, 0.15) is 33.6 Å². The van der Waals surface area contributed by atoms with Crippen LogP contribution in [0, 0.1) is 5.92 Å². The third kappa shape index (κ3) is 5.81. The quantitative estimate of drug-likeness (QED) is 0.545. The summed E-state index contributed by atoms with van der Waals surface area (Å²) in [4.78, 5) is 27.1. The molecule has 0 aliphatic heterocycles. The van der Waals surface area contributed by atoms with Gasteiger partial charge in [-0.05, 0) is 18.6 Å². The number of para-hydroxylation sites is 1. The second-order valence-corrected chi connectivity index (χ2v) is 7.84. The van der Waals surface area contributed by atoms with Crippen LogP contribution in [0.3, 0.4) is 0 Å². The smallest absolute Gasteiger partial charge is 0.245 e. The predicted octanol–water partition coefficient (Wildman–Crippen LogP) is 4.76. The number of carbonyl (C=O) groups excluding carboxylic acids is 2. The van der Waals surface area contributed by atoms with Gasteiger partial charge in [-0.2, -0.15) is 5.10 Å². The minimum Gasteiger partial charge on any atom is -0.333 e. The lowest BCUT2D eigenvalue weighted by molar-refractivity contribution is -0.137. The monoisotopic (exact) mass is 418 g/mol. The van der Waals surface area contributed by atoms with E-state index in [2.05, 4.69) is 12.2 Å². The van der Waals surface area contributed by atoms with Crippen LogP contribution in [0.2, 0.25) is 0 Å². The number of nitrogens with one attached hydrogen (secondary N) is 1. The summed E-state index contributed by atoms with van der Waals surface area (Å²) in [6.45, 7) is 6.39. The van der Waals surface area contributed by atoms with Crippen LogP contribution in [0.15, 0.2) is 66.7 Å². The number of hydrogen-bond acceptors (Lipinski definition) is 3. The first-order valence-corrected chi connectivity index (χ1v) is 10.8. The summed E-state index contributed by atoms with van der Waals surface area (Å²) in [5, 5.41) is 7.68. The zero-order valence-corrected chi connectivity index (χ0v) is 18.4. The fourth-order valence-electron chi connectivity index (χ4n) is 3.32. The molecule has 1 aromatic heterocycles. The predicted molar refractivity (Wildman–Crippen MR) is 124 cm³/mol. The molecule has 0 fully saturated rings. The fourth-order valence-corrected chi connectivity index (χ4v) is 3.32. The summed E-state index contributed by atoms with van der Waals surface area (Å²) in [7, 11) is 0. The van der Waals surface area contributed by atoms with Gasteiger partial charge in [0.05, 0.1) is 17.9 Å². The van der Waals surface area contributed by atoms with Gasteiger partial charge in [0.15, 0.2) is 0 Å². The van der Waals surface area contributed by atoms with Crippen LogP contribution in [-0.4, -0.2) is 39.6 Å². The molecule has 31 heavy (non-hydrogen) atoms. The molecule has 0 aliphatic rings. The van der Waals surface area contributed by atoms with Gasteiger partial charge in [0.25, 0.3) is 0 Å². The lowest BCUT2D eigenvalue weighted by Gasteiger charge is -2.24. The van der Waals surface area contributed by atoms with E-state index in [0.29, 0.717) is 12.4 Å². The first-order chi connectivity index (χ1) is 15.0. The number of hydrogen-bond donors (Lipinski definition) is 1. The van der Waals surface area contributed by atoms with Crippen molar-refractivity contribution < 1.29 is 9.59 Å². The van der Waals surface area contributed by atoms with Crippen molar-refractivity contribution in [1.29, 1.82) is 0 Å². The summed E-state index contributed by atoms with van der Waals surface area (Å²) in [6.07, 6.45) is 1.83. The Morgan fingerprint density at radius 1 is 1.03 bits per heavy atom. The second kappa shape index (κ2) is 10.6. The molecular weight excluding hydrogens is 388 g/mol. The van der Waals surface area contributed by atoms with E-state index in [1.807, 2.05) is 80.6 Å². The van der Waals surface area contributed by atoms with Crippen LogP contribution in [0.25, 0.3) is 16.9 Å². The average molecular weight is 419 g/mol. The molecule has 3 rings (SSSR count). The van der Waals surface area contributed by atoms with Crippen molar-refractivity contribution in [1.82, 2.24) is 14.7 Å². The summed E-state index contributed by atoms with van der Waals surface area (Å²) >= 11 is 0.